The minimum Gasteiger partial charge on any atom is -0.480 e. The maximum absolute atomic E-state index is 13.0. The molecule has 0 heterocycles. The molecule has 0 saturated heterocycles. The number of nitrogens with two attached hydrogens (primary N) is 1. The molecule has 190 valence electrons. The van der Waals surface area contributed by atoms with Crippen molar-refractivity contribution in [3.63, 3.8) is 0 Å². The van der Waals surface area contributed by atoms with Crippen molar-refractivity contribution in [2.45, 2.75) is 71.1 Å². The molecule has 3 amide bonds. The van der Waals surface area contributed by atoms with Gasteiger partial charge >= 0.3 is 5.97 Å². The zero-order valence-corrected chi connectivity index (χ0v) is 21.2. The smallest absolute Gasteiger partial charge is 0.326 e. The van der Waals surface area contributed by atoms with E-state index < -0.39 is 47.9 Å². The molecule has 0 bridgehead atoms. The topological polar surface area (TPSA) is 151 Å². The number of nitrogens with one attached hydrogen (secondary N) is 3. The number of thiol groups is 1. The minimum absolute atomic E-state index is 0.00769. The van der Waals surface area contributed by atoms with Gasteiger partial charge in [-0.25, -0.2) is 4.79 Å². The molecule has 0 radical (unpaired) electrons. The van der Waals surface area contributed by atoms with E-state index in [-0.39, 0.29) is 30.4 Å². The van der Waals surface area contributed by atoms with E-state index in [1.54, 1.807) is 24.3 Å². The monoisotopic (exact) mass is 494 g/mol. The second-order valence-corrected chi connectivity index (χ2v) is 9.62. The van der Waals surface area contributed by atoms with Gasteiger partial charge in [0.25, 0.3) is 0 Å². The Balaban J connectivity index is 2.89. The Morgan fingerprint density at radius 1 is 0.824 bits per heavy atom. The van der Waals surface area contributed by atoms with Crippen molar-refractivity contribution >= 4 is 36.3 Å². The summed E-state index contributed by atoms with van der Waals surface area (Å²) in [6.45, 7) is 7.64. The van der Waals surface area contributed by atoms with Crippen LogP contribution in [0.25, 0.3) is 0 Å². The summed E-state index contributed by atoms with van der Waals surface area (Å²) in [7, 11) is 0. The first kappa shape index (κ1) is 29.4. The van der Waals surface area contributed by atoms with Crippen molar-refractivity contribution in [1.29, 1.82) is 0 Å². The van der Waals surface area contributed by atoms with E-state index in [1.165, 1.54) is 0 Å². The zero-order chi connectivity index (χ0) is 25.8. The van der Waals surface area contributed by atoms with Crippen LogP contribution < -0.4 is 21.7 Å². The number of carbonyl (C=O) groups excluding carboxylic acids is 3. The fourth-order valence-electron chi connectivity index (χ4n) is 3.39. The van der Waals surface area contributed by atoms with Crippen LogP contribution in [0.15, 0.2) is 30.3 Å². The molecule has 0 aliphatic heterocycles. The van der Waals surface area contributed by atoms with E-state index in [2.05, 4.69) is 28.6 Å². The van der Waals surface area contributed by atoms with Crippen LogP contribution in [0.2, 0.25) is 0 Å². The van der Waals surface area contributed by atoms with Crippen molar-refractivity contribution in [1.82, 2.24) is 16.0 Å². The molecule has 0 aromatic heterocycles. The molecular weight excluding hydrogens is 456 g/mol. The molecule has 1 aromatic carbocycles. The number of amides is 3. The molecule has 9 nitrogen and oxygen atoms in total. The van der Waals surface area contributed by atoms with Gasteiger partial charge in [0.1, 0.15) is 18.1 Å². The van der Waals surface area contributed by atoms with E-state index in [9.17, 15) is 24.3 Å². The van der Waals surface area contributed by atoms with E-state index in [1.807, 2.05) is 33.8 Å². The summed E-state index contributed by atoms with van der Waals surface area (Å²) >= 11 is 4.16. The predicted octanol–water partition coefficient (Wildman–Crippen LogP) is 1.12. The highest BCUT2D eigenvalue weighted by Crippen LogP contribution is 2.09. The molecule has 34 heavy (non-hydrogen) atoms. The minimum atomic E-state index is -1.17. The molecule has 4 unspecified atom stereocenters. The first-order chi connectivity index (χ1) is 15.9. The Hall–Kier alpha value is -2.59. The lowest BCUT2D eigenvalue weighted by Crippen LogP contribution is -2.58. The lowest BCUT2D eigenvalue weighted by molar-refractivity contribution is -0.142. The predicted molar refractivity (Wildman–Crippen MR) is 134 cm³/mol. The fraction of sp³-hybridized carbons (Fsp3) is 0.583. The van der Waals surface area contributed by atoms with Crippen molar-refractivity contribution in [2.75, 3.05) is 5.75 Å². The van der Waals surface area contributed by atoms with E-state index in [0.717, 1.165) is 5.56 Å². The van der Waals surface area contributed by atoms with E-state index in [0.29, 0.717) is 6.42 Å². The Morgan fingerprint density at radius 2 is 1.32 bits per heavy atom. The number of rotatable bonds is 14. The Morgan fingerprint density at radius 3 is 1.82 bits per heavy atom. The maximum atomic E-state index is 13.0. The van der Waals surface area contributed by atoms with E-state index >= 15 is 0 Å². The quantitative estimate of drug-likeness (QED) is 0.213. The standard InChI is InChI=1S/C24H38N4O5S/c1-14(2)10-17(25)21(29)28-20(13-34)23(31)26-18(11-15(3)4)22(30)27-19(24(32)33)12-16-8-6-5-7-9-16/h5-9,14-15,17-20,34H,10-13,25H2,1-4H3,(H,26,31)(H,27,30)(H,28,29)(H,32,33). The number of aliphatic carboxylic acids is 1. The summed E-state index contributed by atoms with van der Waals surface area (Å²) in [6, 6.07) is 5.06. The molecule has 0 saturated carbocycles. The molecular formula is C24H38N4O5S. The average molecular weight is 495 g/mol. The van der Waals surface area contributed by atoms with Crippen LogP contribution in [-0.2, 0) is 25.6 Å². The van der Waals surface area contributed by atoms with Gasteiger partial charge in [0.05, 0.1) is 6.04 Å². The van der Waals surface area contributed by atoms with Gasteiger partial charge in [-0.05, 0) is 30.2 Å². The summed E-state index contributed by atoms with van der Waals surface area (Å²) in [5.74, 6) is -2.58. The molecule has 0 spiro atoms. The molecule has 4 atom stereocenters. The van der Waals surface area contributed by atoms with Crippen LogP contribution in [0.5, 0.6) is 0 Å². The third kappa shape index (κ3) is 10.6. The van der Waals surface area contributed by atoms with Gasteiger partial charge in [-0.3, -0.25) is 14.4 Å². The van der Waals surface area contributed by atoms with Crippen LogP contribution in [-0.4, -0.2) is 58.7 Å². The van der Waals surface area contributed by atoms with Crippen molar-refractivity contribution < 1.29 is 24.3 Å². The highest BCUT2D eigenvalue weighted by molar-refractivity contribution is 7.80. The fourth-order valence-corrected chi connectivity index (χ4v) is 3.64. The number of hydrogen-bond donors (Lipinski definition) is 6. The van der Waals surface area contributed by atoms with Crippen LogP contribution in [0, 0.1) is 11.8 Å². The number of benzene rings is 1. The lowest BCUT2D eigenvalue weighted by atomic mass is 10.0. The van der Waals surface area contributed by atoms with Gasteiger partial charge < -0.3 is 26.8 Å². The molecule has 0 fully saturated rings. The summed E-state index contributed by atoms with van der Waals surface area (Å²) < 4.78 is 0. The molecule has 1 aromatic rings. The molecule has 0 aliphatic carbocycles. The average Bonchev–Trinajstić information content (AvgIpc) is 2.75. The van der Waals surface area contributed by atoms with Crippen molar-refractivity contribution in [3.05, 3.63) is 35.9 Å². The van der Waals surface area contributed by atoms with E-state index in [4.69, 9.17) is 5.73 Å². The molecule has 1 rings (SSSR count). The number of carbonyl (C=O) groups is 4. The third-order valence-electron chi connectivity index (χ3n) is 5.11. The maximum Gasteiger partial charge on any atom is 0.326 e. The summed E-state index contributed by atoms with van der Waals surface area (Å²) in [6.07, 6.45) is 0.853. The van der Waals surface area contributed by atoms with Gasteiger partial charge in [-0.1, -0.05) is 58.0 Å². The van der Waals surface area contributed by atoms with Crippen LogP contribution in [0.3, 0.4) is 0 Å². The zero-order valence-electron chi connectivity index (χ0n) is 20.3. The number of carboxylic acid groups (broad SMARTS) is 1. The molecule has 10 heteroatoms. The first-order valence-corrected chi connectivity index (χ1v) is 12.1. The van der Waals surface area contributed by atoms with Gasteiger partial charge in [0.2, 0.25) is 17.7 Å². The summed E-state index contributed by atoms with van der Waals surface area (Å²) in [4.78, 5) is 49.9. The summed E-state index contributed by atoms with van der Waals surface area (Å²) in [5, 5.41) is 17.4. The van der Waals surface area contributed by atoms with Gasteiger partial charge in [0, 0.05) is 12.2 Å². The van der Waals surface area contributed by atoms with Crippen LogP contribution in [0.4, 0.5) is 0 Å². The van der Waals surface area contributed by atoms with Gasteiger partial charge in [-0.2, -0.15) is 12.6 Å². The highest BCUT2D eigenvalue weighted by Gasteiger charge is 2.30. The second kappa shape index (κ2) is 14.6. The number of carboxylic acids is 1. The van der Waals surface area contributed by atoms with Crippen molar-refractivity contribution in [3.8, 4) is 0 Å². The number of hydrogen-bond acceptors (Lipinski definition) is 6. The van der Waals surface area contributed by atoms with Gasteiger partial charge in [-0.15, -0.1) is 0 Å². The lowest BCUT2D eigenvalue weighted by Gasteiger charge is -2.25. The second-order valence-electron chi connectivity index (χ2n) is 9.26. The Kier molecular flexibility index (Phi) is 12.7. The Labute approximate surface area is 207 Å². The third-order valence-corrected chi connectivity index (χ3v) is 5.48. The Bertz CT molecular complexity index is 819. The normalized spacial score (nSPS) is 14.7. The SMILES string of the molecule is CC(C)CC(N)C(=O)NC(CS)C(=O)NC(CC(C)C)C(=O)NC(Cc1ccccc1)C(=O)O. The van der Waals surface area contributed by atoms with Crippen LogP contribution >= 0.6 is 12.6 Å². The highest BCUT2D eigenvalue weighted by atomic mass is 32.1. The molecule has 0 aliphatic rings. The summed E-state index contributed by atoms with van der Waals surface area (Å²) in [5.41, 5.74) is 6.65. The molecule has 6 N–H and O–H groups in total. The first-order valence-electron chi connectivity index (χ1n) is 11.5. The van der Waals surface area contributed by atoms with Gasteiger partial charge in [0.15, 0.2) is 0 Å². The van der Waals surface area contributed by atoms with Crippen LogP contribution in [0.1, 0.15) is 46.1 Å². The van der Waals surface area contributed by atoms with Crippen molar-refractivity contribution in [2.24, 2.45) is 17.6 Å². The largest absolute Gasteiger partial charge is 0.480 e.